The zero-order chi connectivity index (χ0) is 10.9. The molecule has 0 fully saturated rings. The molecule has 0 unspecified atom stereocenters. The number of rotatable bonds is 5. The smallest absolute Gasteiger partial charge is 0.108 e. The van der Waals surface area contributed by atoms with Crippen molar-refractivity contribution in [1.82, 2.24) is 0 Å². The van der Waals surface area contributed by atoms with Crippen LogP contribution in [0, 0.1) is 0 Å². The van der Waals surface area contributed by atoms with Crippen molar-refractivity contribution >= 4 is 0 Å². The molecule has 0 aliphatic rings. The van der Waals surface area contributed by atoms with Gasteiger partial charge in [-0.05, 0) is 24.5 Å². The Bertz CT molecular complexity index is 347. The van der Waals surface area contributed by atoms with Crippen molar-refractivity contribution in [1.29, 1.82) is 0 Å². The minimum atomic E-state index is 0.0858. The Morgan fingerprint density at radius 3 is 2.60 bits per heavy atom. The molecule has 0 spiro atoms. The fraction of sp³-hybridized carbons (Fsp3) is 0.143. The fourth-order valence-electron chi connectivity index (χ4n) is 1.24. The minimum Gasteiger partial charge on any atom is -0.509 e. The number of hydrogen-bond donors (Lipinski definition) is 1. The van der Waals surface area contributed by atoms with E-state index in [4.69, 9.17) is 5.11 Å². The summed E-state index contributed by atoms with van der Waals surface area (Å²) in [5.74, 6) is 0.0858. The van der Waals surface area contributed by atoms with Crippen LogP contribution in [-0.4, -0.2) is 5.11 Å². The lowest BCUT2D eigenvalue weighted by molar-refractivity contribution is 0.435. The van der Waals surface area contributed by atoms with Crippen LogP contribution in [0.4, 0.5) is 0 Å². The van der Waals surface area contributed by atoms with E-state index in [1.807, 2.05) is 12.1 Å². The lowest BCUT2D eigenvalue weighted by Crippen LogP contribution is -1.80. The average molecular weight is 200 g/mol. The van der Waals surface area contributed by atoms with E-state index < -0.39 is 0 Å². The summed E-state index contributed by atoms with van der Waals surface area (Å²) in [6, 6.07) is 10.4. The standard InChI is InChI=1S/C14H16O/c1-13(15)9-5-2-3-6-10-14-11-7-4-8-12-14/h2-5,7-9,11-12,15H,1,6,10H2/b3-2-,9-5-. The highest BCUT2D eigenvalue weighted by molar-refractivity contribution is 5.16. The average Bonchev–Trinajstić information content (AvgIpc) is 2.24. The molecule has 1 aromatic carbocycles. The highest BCUT2D eigenvalue weighted by atomic mass is 16.3. The van der Waals surface area contributed by atoms with Gasteiger partial charge in [-0.25, -0.2) is 0 Å². The first-order chi connectivity index (χ1) is 7.29. The van der Waals surface area contributed by atoms with Crippen LogP contribution < -0.4 is 0 Å². The number of hydrogen-bond acceptors (Lipinski definition) is 1. The molecule has 0 aliphatic heterocycles. The topological polar surface area (TPSA) is 20.2 Å². The molecule has 0 radical (unpaired) electrons. The summed E-state index contributed by atoms with van der Waals surface area (Å²) in [4.78, 5) is 0. The number of aliphatic hydroxyl groups excluding tert-OH is 1. The predicted octanol–water partition coefficient (Wildman–Crippen LogP) is 3.80. The van der Waals surface area contributed by atoms with Gasteiger partial charge in [0.15, 0.2) is 0 Å². The molecule has 1 nitrogen and oxygen atoms in total. The molecule has 1 aromatic rings. The van der Waals surface area contributed by atoms with E-state index in [0.717, 1.165) is 12.8 Å². The molecule has 78 valence electrons. The van der Waals surface area contributed by atoms with Crippen LogP contribution in [-0.2, 0) is 6.42 Å². The largest absolute Gasteiger partial charge is 0.509 e. The molecular formula is C14H16O. The van der Waals surface area contributed by atoms with Crippen LogP contribution in [0.3, 0.4) is 0 Å². The van der Waals surface area contributed by atoms with Crippen molar-refractivity contribution in [2.24, 2.45) is 0 Å². The quantitative estimate of drug-likeness (QED) is 0.566. The minimum absolute atomic E-state index is 0.0858. The van der Waals surface area contributed by atoms with E-state index in [-0.39, 0.29) is 5.76 Å². The first-order valence-electron chi connectivity index (χ1n) is 5.04. The lowest BCUT2D eigenvalue weighted by atomic mass is 10.1. The van der Waals surface area contributed by atoms with Crippen molar-refractivity contribution < 1.29 is 5.11 Å². The summed E-state index contributed by atoms with van der Waals surface area (Å²) in [6.07, 6.45) is 9.40. The third-order valence-corrected chi connectivity index (χ3v) is 1.98. The molecule has 0 atom stereocenters. The van der Waals surface area contributed by atoms with Crippen LogP contribution in [0.1, 0.15) is 12.0 Å². The molecule has 0 bridgehead atoms. The molecule has 0 aliphatic carbocycles. The van der Waals surface area contributed by atoms with Crippen molar-refractivity contribution in [2.45, 2.75) is 12.8 Å². The number of allylic oxidation sites excluding steroid dienone is 4. The molecule has 1 N–H and O–H groups in total. The maximum atomic E-state index is 8.77. The Hall–Kier alpha value is -1.76. The normalized spacial score (nSPS) is 11.2. The van der Waals surface area contributed by atoms with Crippen LogP contribution in [0.15, 0.2) is 67.0 Å². The van der Waals surface area contributed by atoms with Crippen molar-refractivity contribution in [3.05, 3.63) is 72.5 Å². The van der Waals surface area contributed by atoms with Crippen molar-refractivity contribution in [3.8, 4) is 0 Å². The van der Waals surface area contributed by atoms with E-state index in [2.05, 4.69) is 36.9 Å². The number of aryl methyl sites for hydroxylation is 1. The van der Waals surface area contributed by atoms with Gasteiger partial charge in [0.1, 0.15) is 5.76 Å². The van der Waals surface area contributed by atoms with E-state index in [1.54, 1.807) is 12.2 Å². The van der Waals surface area contributed by atoms with Gasteiger partial charge in [-0.1, -0.05) is 55.1 Å². The second kappa shape index (κ2) is 6.66. The first-order valence-corrected chi connectivity index (χ1v) is 5.04. The molecular weight excluding hydrogens is 184 g/mol. The zero-order valence-electron chi connectivity index (χ0n) is 8.76. The Labute approximate surface area is 91.1 Å². The van der Waals surface area contributed by atoms with Gasteiger partial charge in [0.2, 0.25) is 0 Å². The third kappa shape index (κ3) is 5.53. The van der Waals surface area contributed by atoms with Crippen LogP contribution in [0.25, 0.3) is 0 Å². The summed E-state index contributed by atoms with van der Waals surface area (Å²) in [7, 11) is 0. The SMILES string of the molecule is C=C(O)/C=C\C=C/CCc1ccccc1. The second-order valence-corrected chi connectivity index (χ2v) is 3.30. The van der Waals surface area contributed by atoms with Crippen molar-refractivity contribution in [3.63, 3.8) is 0 Å². The molecule has 0 saturated heterocycles. The van der Waals surface area contributed by atoms with Crippen LogP contribution >= 0.6 is 0 Å². The van der Waals surface area contributed by atoms with Gasteiger partial charge in [0.25, 0.3) is 0 Å². The monoisotopic (exact) mass is 200 g/mol. The third-order valence-electron chi connectivity index (χ3n) is 1.98. The number of benzene rings is 1. The van der Waals surface area contributed by atoms with Gasteiger partial charge >= 0.3 is 0 Å². The summed E-state index contributed by atoms with van der Waals surface area (Å²) in [5.41, 5.74) is 1.35. The molecule has 1 heteroatoms. The summed E-state index contributed by atoms with van der Waals surface area (Å²) in [6.45, 7) is 3.36. The Morgan fingerprint density at radius 2 is 1.93 bits per heavy atom. The van der Waals surface area contributed by atoms with Crippen LogP contribution in [0.5, 0.6) is 0 Å². The first kappa shape index (κ1) is 11.3. The van der Waals surface area contributed by atoms with Gasteiger partial charge in [-0.15, -0.1) is 0 Å². The Balaban J connectivity index is 2.25. The van der Waals surface area contributed by atoms with Crippen molar-refractivity contribution in [2.75, 3.05) is 0 Å². The Kier molecular flexibility index (Phi) is 5.02. The van der Waals surface area contributed by atoms with E-state index in [9.17, 15) is 0 Å². The van der Waals surface area contributed by atoms with Gasteiger partial charge in [0.05, 0.1) is 0 Å². The van der Waals surface area contributed by atoms with Crippen LogP contribution in [0.2, 0.25) is 0 Å². The summed E-state index contributed by atoms with van der Waals surface area (Å²) < 4.78 is 0. The predicted molar refractivity (Wildman–Crippen MR) is 64.8 cm³/mol. The molecule has 0 heterocycles. The van der Waals surface area contributed by atoms with E-state index >= 15 is 0 Å². The Morgan fingerprint density at radius 1 is 1.20 bits per heavy atom. The fourth-order valence-corrected chi connectivity index (χ4v) is 1.24. The maximum absolute atomic E-state index is 8.77. The lowest BCUT2D eigenvalue weighted by Gasteiger charge is -1.95. The number of aliphatic hydroxyl groups is 1. The van der Waals surface area contributed by atoms with E-state index in [1.165, 1.54) is 5.56 Å². The molecule has 0 saturated carbocycles. The molecule has 1 rings (SSSR count). The molecule has 0 amide bonds. The highest BCUT2D eigenvalue weighted by Crippen LogP contribution is 2.02. The van der Waals surface area contributed by atoms with Gasteiger partial charge in [-0.3, -0.25) is 0 Å². The van der Waals surface area contributed by atoms with Gasteiger partial charge in [0, 0.05) is 0 Å². The molecule has 15 heavy (non-hydrogen) atoms. The van der Waals surface area contributed by atoms with Gasteiger partial charge in [-0.2, -0.15) is 0 Å². The molecule has 0 aromatic heterocycles. The summed E-state index contributed by atoms with van der Waals surface area (Å²) in [5, 5.41) is 8.77. The second-order valence-electron chi connectivity index (χ2n) is 3.30. The summed E-state index contributed by atoms with van der Waals surface area (Å²) >= 11 is 0. The van der Waals surface area contributed by atoms with Gasteiger partial charge < -0.3 is 5.11 Å². The highest BCUT2D eigenvalue weighted by Gasteiger charge is 1.86. The van der Waals surface area contributed by atoms with E-state index in [0.29, 0.717) is 0 Å². The zero-order valence-corrected chi connectivity index (χ0v) is 8.76. The maximum Gasteiger partial charge on any atom is 0.108 e.